The normalized spacial score (nSPS) is 17.9. The topological polar surface area (TPSA) is 56.1 Å². The van der Waals surface area contributed by atoms with Crippen molar-refractivity contribution < 1.29 is 17.9 Å². The molecule has 1 unspecified atom stereocenters. The number of alkyl halides is 3. The number of pyridine rings is 2. The van der Waals surface area contributed by atoms with E-state index < -0.39 is 11.9 Å². The smallest absolute Gasteiger partial charge is 0.381 e. The maximum absolute atomic E-state index is 13.4. The van der Waals surface area contributed by atoms with Crippen molar-refractivity contribution in [2.45, 2.75) is 31.6 Å². The van der Waals surface area contributed by atoms with Crippen LogP contribution >= 0.6 is 8.73 Å². The average molecular weight is 421 g/mol. The molecule has 0 radical (unpaired) electrons. The van der Waals surface area contributed by atoms with Crippen molar-refractivity contribution >= 4 is 25.5 Å². The SMILES string of the molecule is CPn1nc2c3c(nccc31)N(C1CCOCC1)Cc1cnc(C(F)(F)F)cc1-2. The highest BCUT2D eigenvalue weighted by atomic mass is 31.1. The summed E-state index contributed by atoms with van der Waals surface area (Å²) in [6.07, 6.45) is 0.283. The summed E-state index contributed by atoms with van der Waals surface area (Å²) in [5, 5.41) is 5.50. The number of halogens is 3. The van der Waals surface area contributed by atoms with Gasteiger partial charge in [-0.05, 0) is 37.2 Å². The van der Waals surface area contributed by atoms with Crippen molar-refractivity contribution in [1.82, 2.24) is 19.5 Å². The third kappa shape index (κ3) is 3.07. The molecule has 6 nitrogen and oxygen atoms in total. The zero-order chi connectivity index (χ0) is 20.2. The summed E-state index contributed by atoms with van der Waals surface area (Å²) in [5.41, 5.74) is 1.76. The molecule has 3 aromatic heterocycles. The first kappa shape index (κ1) is 18.8. The Morgan fingerprint density at radius 3 is 2.72 bits per heavy atom. The predicted octanol–water partition coefficient (Wildman–Crippen LogP) is 4.08. The molecular formula is C19H19F3N5OP. The Hall–Kier alpha value is -2.25. The van der Waals surface area contributed by atoms with E-state index >= 15 is 0 Å². The highest BCUT2D eigenvalue weighted by molar-refractivity contribution is 7.35. The van der Waals surface area contributed by atoms with Crippen LogP contribution in [0.4, 0.5) is 19.0 Å². The molecule has 2 aliphatic heterocycles. The molecule has 10 heteroatoms. The van der Waals surface area contributed by atoms with Crippen LogP contribution in [0, 0.1) is 0 Å². The van der Waals surface area contributed by atoms with Gasteiger partial charge < -0.3 is 9.64 Å². The summed E-state index contributed by atoms with van der Waals surface area (Å²) >= 11 is 0. The quantitative estimate of drug-likeness (QED) is 0.584. The maximum Gasteiger partial charge on any atom is 0.433 e. The molecule has 0 saturated carbocycles. The zero-order valence-corrected chi connectivity index (χ0v) is 16.7. The van der Waals surface area contributed by atoms with Gasteiger partial charge in [0, 0.05) is 52.5 Å². The molecule has 1 fully saturated rings. The van der Waals surface area contributed by atoms with E-state index in [1.165, 1.54) is 6.20 Å². The van der Waals surface area contributed by atoms with Gasteiger partial charge in [-0.2, -0.15) is 18.3 Å². The lowest BCUT2D eigenvalue weighted by Crippen LogP contribution is -2.39. The summed E-state index contributed by atoms with van der Waals surface area (Å²) in [4.78, 5) is 10.6. The van der Waals surface area contributed by atoms with E-state index in [0.29, 0.717) is 39.7 Å². The Morgan fingerprint density at radius 1 is 1.21 bits per heavy atom. The average Bonchev–Trinajstić information content (AvgIpc) is 3.04. The van der Waals surface area contributed by atoms with Crippen LogP contribution in [0.5, 0.6) is 0 Å². The van der Waals surface area contributed by atoms with Gasteiger partial charge in [0.05, 0.1) is 10.9 Å². The molecule has 5 rings (SSSR count). The third-order valence-corrected chi connectivity index (χ3v) is 6.33. The predicted molar refractivity (Wildman–Crippen MR) is 105 cm³/mol. The van der Waals surface area contributed by atoms with Gasteiger partial charge in [0.1, 0.15) is 17.2 Å². The fourth-order valence-corrected chi connectivity index (χ4v) is 4.79. The van der Waals surface area contributed by atoms with Gasteiger partial charge in [0.25, 0.3) is 0 Å². The van der Waals surface area contributed by atoms with Gasteiger partial charge in [-0.25, -0.2) is 9.44 Å². The first-order chi connectivity index (χ1) is 14.0. The number of aromatic nitrogens is 4. The van der Waals surface area contributed by atoms with Gasteiger partial charge in [0.2, 0.25) is 0 Å². The Balaban J connectivity index is 1.77. The second kappa shape index (κ2) is 6.92. The van der Waals surface area contributed by atoms with Crippen molar-refractivity contribution in [3.63, 3.8) is 0 Å². The van der Waals surface area contributed by atoms with Crippen LogP contribution in [0.25, 0.3) is 22.2 Å². The Kier molecular flexibility index (Phi) is 4.47. The Morgan fingerprint density at radius 2 is 2.00 bits per heavy atom. The molecule has 0 N–H and O–H groups in total. The van der Waals surface area contributed by atoms with Crippen molar-refractivity contribution in [3.8, 4) is 11.3 Å². The van der Waals surface area contributed by atoms with E-state index in [0.717, 1.165) is 41.2 Å². The standard InChI is InChI=1S/C19H19F3N5OP/c1-29-27-14-2-5-23-18-16(14)17(25-27)13-8-15(19(20,21)22)24-9-11(13)10-26(18)12-3-6-28-7-4-12/h2,5,8-9,12,29H,3-4,6-7,10H2,1H3. The molecule has 0 aromatic carbocycles. The molecule has 0 amide bonds. The molecule has 2 aliphatic rings. The lowest BCUT2D eigenvalue weighted by Gasteiger charge is -2.35. The van der Waals surface area contributed by atoms with E-state index in [1.54, 1.807) is 6.20 Å². The number of rotatable bonds is 2. The summed E-state index contributed by atoms with van der Waals surface area (Å²) in [5.74, 6) is 0.777. The largest absolute Gasteiger partial charge is 0.433 e. The van der Waals surface area contributed by atoms with Crippen LogP contribution in [0.1, 0.15) is 24.1 Å². The van der Waals surface area contributed by atoms with Crippen molar-refractivity contribution in [3.05, 3.63) is 35.8 Å². The number of fused-ring (bicyclic) bond motifs is 2. The van der Waals surface area contributed by atoms with E-state index in [1.807, 2.05) is 17.2 Å². The molecule has 3 aromatic rings. The van der Waals surface area contributed by atoms with E-state index in [2.05, 4.69) is 20.0 Å². The van der Waals surface area contributed by atoms with Crippen LogP contribution in [0.3, 0.4) is 0 Å². The van der Waals surface area contributed by atoms with Crippen LogP contribution in [-0.2, 0) is 17.5 Å². The molecule has 0 bridgehead atoms. The van der Waals surface area contributed by atoms with Crippen LogP contribution in [0.2, 0.25) is 0 Å². The fourth-order valence-electron chi connectivity index (χ4n) is 4.17. The second-order valence-corrected chi connectivity index (χ2v) is 8.08. The molecule has 0 aliphatic carbocycles. The minimum atomic E-state index is -4.51. The first-order valence-electron chi connectivity index (χ1n) is 9.43. The highest BCUT2D eigenvalue weighted by Gasteiger charge is 2.36. The van der Waals surface area contributed by atoms with Crippen LogP contribution < -0.4 is 4.90 Å². The summed E-state index contributed by atoms with van der Waals surface area (Å²) in [6, 6.07) is 3.21. The van der Waals surface area contributed by atoms with Gasteiger partial charge in [0.15, 0.2) is 0 Å². The highest BCUT2D eigenvalue weighted by Crippen LogP contribution is 2.43. The molecule has 5 heterocycles. The summed E-state index contributed by atoms with van der Waals surface area (Å²) < 4.78 is 47.4. The van der Waals surface area contributed by atoms with E-state index in [-0.39, 0.29) is 6.04 Å². The number of hydrogen-bond acceptors (Lipinski definition) is 5. The molecule has 1 saturated heterocycles. The second-order valence-electron chi connectivity index (χ2n) is 7.21. The van der Waals surface area contributed by atoms with Crippen molar-refractivity contribution in [1.29, 1.82) is 0 Å². The number of nitrogens with zero attached hydrogens (tertiary/aromatic N) is 5. The Labute approximate surface area is 166 Å². The number of hydrogen-bond donors (Lipinski definition) is 0. The lowest BCUT2D eigenvalue weighted by molar-refractivity contribution is -0.141. The van der Waals surface area contributed by atoms with Crippen LogP contribution in [-0.4, -0.2) is 45.4 Å². The van der Waals surface area contributed by atoms with Gasteiger partial charge >= 0.3 is 6.18 Å². The lowest BCUT2D eigenvalue weighted by atomic mass is 10.0. The number of ether oxygens (including phenoxy) is 1. The van der Waals surface area contributed by atoms with Gasteiger partial charge in [-0.1, -0.05) is 0 Å². The zero-order valence-electron chi connectivity index (χ0n) is 15.7. The molecule has 0 spiro atoms. The van der Waals surface area contributed by atoms with Gasteiger partial charge in [-0.3, -0.25) is 4.98 Å². The third-order valence-electron chi connectivity index (χ3n) is 5.56. The fraction of sp³-hybridized carbons (Fsp3) is 0.421. The minimum absolute atomic E-state index is 0.204. The first-order valence-corrected chi connectivity index (χ1v) is 10.9. The molecule has 152 valence electrons. The summed E-state index contributed by atoms with van der Waals surface area (Å²) in [6.45, 7) is 3.77. The Bertz CT molecular complexity index is 1080. The monoisotopic (exact) mass is 421 g/mol. The maximum atomic E-state index is 13.4. The molecular weight excluding hydrogens is 402 g/mol. The van der Waals surface area contributed by atoms with Crippen molar-refractivity contribution in [2.24, 2.45) is 0 Å². The molecule has 29 heavy (non-hydrogen) atoms. The number of anilines is 1. The minimum Gasteiger partial charge on any atom is -0.381 e. The van der Waals surface area contributed by atoms with E-state index in [9.17, 15) is 13.2 Å². The van der Waals surface area contributed by atoms with E-state index in [4.69, 9.17) is 4.74 Å². The van der Waals surface area contributed by atoms with Crippen molar-refractivity contribution in [2.75, 3.05) is 24.8 Å². The molecule has 1 atom stereocenters. The van der Waals surface area contributed by atoms with Gasteiger partial charge in [-0.15, -0.1) is 0 Å². The van der Waals surface area contributed by atoms with Crippen LogP contribution in [0.15, 0.2) is 24.5 Å². The summed E-state index contributed by atoms with van der Waals surface area (Å²) in [7, 11) is 0.353.